The van der Waals surface area contributed by atoms with E-state index in [1.54, 1.807) is 0 Å². The summed E-state index contributed by atoms with van der Waals surface area (Å²) in [4.78, 5) is 9.20. The maximum atomic E-state index is 9.20. The van der Waals surface area contributed by atoms with Crippen LogP contribution in [0, 0.1) is 28.6 Å². The van der Waals surface area contributed by atoms with Crippen LogP contribution in [0.1, 0.15) is 32.0 Å². The largest absolute Gasteiger partial charge is 0.346 e. The van der Waals surface area contributed by atoms with Crippen molar-refractivity contribution in [1.82, 2.24) is 14.3 Å². The van der Waals surface area contributed by atoms with Crippen molar-refractivity contribution >= 4 is 16.7 Å². The van der Waals surface area contributed by atoms with Crippen molar-refractivity contribution in [1.29, 1.82) is 10.5 Å². The average molecular weight is 318 g/mol. The van der Waals surface area contributed by atoms with Crippen LogP contribution in [-0.2, 0) is 6.42 Å². The van der Waals surface area contributed by atoms with Crippen molar-refractivity contribution in [2.75, 3.05) is 37.6 Å². The van der Waals surface area contributed by atoms with Crippen LogP contribution in [0.5, 0.6) is 0 Å². The Hall–Kier alpha value is -1.70. The zero-order valence-electron chi connectivity index (χ0n) is 13.0. The molecule has 0 aliphatic carbocycles. The molecular formula is C15H22N6S. The second-order valence-electron chi connectivity index (χ2n) is 5.51. The van der Waals surface area contributed by atoms with E-state index in [2.05, 4.69) is 38.2 Å². The molecule has 0 radical (unpaired) electrons. The van der Waals surface area contributed by atoms with Gasteiger partial charge in [0.2, 0.25) is 5.13 Å². The van der Waals surface area contributed by atoms with Gasteiger partial charge in [0.05, 0.1) is 18.1 Å². The number of rotatable bonds is 6. The van der Waals surface area contributed by atoms with Gasteiger partial charge in [0, 0.05) is 50.6 Å². The molecule has 0 unspecified atom stereocenters. The van der Waals surface area contributed by atoms with Crippen LogP contribution in [0.15, 0.2) is 0 Å². The van der Waals surface area contributed by atoms with Crippen molar-refractivity contribution in [3.8, 4) is 12.1 Å². The molecule has 1 aromatic heterocycles. The van der Waals surface area contributed by atoms with Crippen LogP contribution in [-0.4, -0.2) is 47.0 Å². The highest BCUT2D eigenvalue weighted by Crippen LogP contribution is 2.20. The summed E-state index contributed by atoms with van der Waals surface area (Å²) in [6.07, 6.45) is 3.07. The van der Waals surface area contributed by atoms with Crippen LogP contribution in [0.25, 0.3) is 0 Å². The summed E-state index contributed by atoms with van der Waals surface area (Å²) in [5.41, 5.74) is 0. The monoisotopic (exact) mass is 318 g/mol. The molecule has 1 fully saturated rings. The highest BCUT2D eigenvalue weighted by Gasteiger charge is 2.20. The zero-order valence-corrected chi connectivity index (χ0v) is 13.8. The lowest BCUT2D eigenvalue weighted by atomic mass is 10.0. The molecule has 0 amide bonds. The lowest BCUT2D eigenvalue weighted by Gasteiger charge is -2.22. The predicted molar refractivity (Wildman–Crippen MR) is 86.5 cm³/mol. The number of anilines is 1. The average Bonchev–Trinajstić information content (AvgIpc) is 2.91. The molecule has 1 aromatic rings. The van der Waals surface area contributed by atoms with Crippen molar-refractivity contribution in [3.05, 3.63) is 5.82 Å². The van der Waals surface area contributed by atoms with Crippen molar-refractivity contribution in [2.24, 2.45) is 5.92 Å². The molecule has 1 atom stereocenters. The predicted octanol–water partition coefficient (Wildman–Crippen LogP) is 2.06. The SMILES string of the molecule is CCc1nsc(N2CCCN(C[C@H](C#N)CCC#N)CC2)n1. The van der Waals surface area contributed by atoms with Gasteiger partial charge in [-0.25, -0.2) is 4.98 Å². The molecule has 0 N–H and O–H groups in total. The van der Waals surface area contributed by atoms with Gasteiger partial charge in [-0.2, -0.15) is 14.9 Å². The van der Waals surface area contributed by atoms with Crippen LogP contribution >= 0.6 is 11.5 Å². The Morgan fingerprint density at radius 3 is 2.82 bits per heavy atom. The first-order valence-corrected chi connectivity index (χ1v) is 8.60. The van der Waals surface area contributed by atoms with Gasteiger partial charge in [-0.3, -0.25) is 0 Å². The van der Waals surface area contributed by atoms with Gasteiger partial charge in [0.25, 0.3) is 0 Å². The van der Waals surface area contributed by atoms with E-state index in [0.29, 0.717) is 12.8 Å². The Bertz CT molecular complexity index is 543. The fourth-order valence-corrected chi connectivity index (χ4v) is 3.41. The van der Waals surface area contributed by atoms with Crippen LogP contribution in [0.2, 0.25) is 0 Å². The highest BCUT2D eigenvalue weighted by molar-refractivity contribution is 7.09. The molecule has 1 aliphatic heterocycles. The van der Waals surface area contributed by atoms with Crippen LogP contribution in [0.4, 0.5) is 5.13 Å². The number of hydrogen-bond acceptors (Lipinski definition) is 7. The summed E-state index contributed by atoms with van der Waals surface area (Å²) in [7, 11) is 0. The van der Waals surface area contributed by atoms with E-state index >= 15 is 0 Å². The lowest BCUT2D eigenvalue weighted by molar-refractivity contribution is 0.262. The van der Waals surface area contributed by atoms with E-state index in [4.69, 9.17) is 5.26 Å². The summed E-state index contributed by atoms with van der Waals surface area (Å²) in [6.45, 7) is 6.69. The van der Waals surface area contributed by atoms with E-state index in [0.717, 1.165) is 56.5 Å². The molecule has 1 aliphatic rings. The molecule has 118 valence electrons. The Kier molecular flexibility index (Phi) is 6.57. The van der Waals surface area contributed by atoms with Crippen molar-refractivity contribution in [2.45, 2.75) is 32.6 Å². The number of aromatic nitrogens is 2. The Morgan fingerprint density at radius 2 is 2.14 bits per heavy atom. The summed E-state index contributed by atoms with van der Waals surface area (Å²) in [6, 6.07) is 4.46. The van der Waals surface area contributed by atoms with Gasteiger partial charge in [0.15, 0.2) is 0 Å². The number of nitrogens with zero attached hydrogens (tertiary/aromatic N) is 6. The summed E-state index contributed by atoms with van der Waals surface area (Å²) in [5.74, 6) is 0.876. The topological polar surface area (TPSA) is 79.8 Å². The highest BCUT2D eigenvalue weighted by atomic mass is 32.1. The zero-order chi connectivity index (χ0) is 15.8. The molecule has 0 aromatic carbocycles. The third kappa shape index (κ3) is 4.66. The van der Waals surface area contributed by atoms with E-state index in [9.17, 15) is 5.26 Å². The van der Waals surface area contributed by atoms with Gasteiger partial charge in [-0.1, -0.05) is 6.92 Å². The van der Waals surface area contributed by atoms with Gasteiger partial charge in [0.1, 0.15) is 5.82 Å². The molecule has 7 heteroatoms. The molecule has 1 saturated heterocycles. The first kappa shape index (κ1) is 16.7. The fourth-order valence-electron chi connectivity index (χ4n) is 2.61. The number of aryl methyl sites for hydroxylation is 1. The molecule has 2 rings (SSSR count). The molecule has 2 heterocycles. The normalized spacial score (nSPS) is 17.5. The Morgan fingerprint density at radius 1 is 1.27 bits per heavy atom. The maximum absolute atomic E-state index is 9.20. The van der Waals surface area contributed by atoms with Gasteiger partial charge in [-0.05, 0) is 19.4 Å². The molecule has 0 bridgehead atoms. The Balaban J connectivity index is 1.87. The van der Waals surface area contributed by atoms with E-state index < -0.39 is 0 Å². The molecular weight excluding hydrogens is 296 g/mol. The molecule has 6 nitrogen and oxygen atoms in total. The van der Waals surface area contributed by atoms with Crippen molar-refractivity contribution < 1.29 is 0 Å². The first-order valence-electron chi connectivity index (χ1n) is 7.83. The van der Waals surface area contributed by atoms with Gasteiger partial charge in [-0.15, -0.1) is 0 Å². The smallest absolute Gasteiger partial charge is 0.205 e. The first-order chi connectivity index (χ1) is 10.8. The lowest BCUT2D eigenvalue weighted by Crippen LogP contribution is -2.33. The van der Waals surface area contributed by atoms with Crippen molar-refractivity contribution in [3.63, 3.8) is 0 Å². The minimum Gasteiger partial charge on any atom is -0.346 e. The fraction of sp³-hybridized carbons (Fsp3) is 0.733. The second-order valence-corrected chi connectivity index (χ2v) is 6.24. The van der Waals surface area contributed by atoms with Crippen LogP contribution < -0.4 is 4.90 Å². The van der Waals surface area contributed by atoms with Gasteiger partial charge < -0.3 is 9.80 Å². The summed E-state index contributed by atoms with van der Waals surface area (Å²) in [5, 5.41) is 18.9. The van der Waals surface area contributed by atoms with E-state index in [-0.39, 0.29) is 5.92 Å². The quantitative estimate of drug-likeness (QED) is 0.798. The van der Waals surface area contributed by atoms with Gasteiger partial charge >= 0.3 is 0 Å². The van der Waals surface area contributed by atoms with E-state index in [1.165, 1.54) is 11.5 Å². The molecule has 0 saturated carbocycles. The Labute approximate surface area is 136 Å². The molecule has 22 heavy (non-hydrogen) atoms. The van der Waals surface area contributed by atoms with E-state index in [1.807, 2.05) is 0 Å². The standard InChI is InChI=1S/C15H22N6S/c1-2-14-18-15(22-19-14)21-8-4-7-20(9-10-21)12-13(11-17)5-3-6-16/h13H,2-5,7-10,12H2,1H3/t13-/m0/s1. The van der Waals surface area contributed by atoms with Crippen LogP contribution in [0.3, 0.4) is 0 Å². The third-order valence-electron chi connectivity index (χ3n) is 3.90. The minimum atomic E-state index is -0.0422. The molecule has 0 spiro atoms. The number of hydrogen-bond donors (Lipinski definition) is 0. The second kappa shape index (κ2) is 8.67. The number of nitriles is 2. The summed E-state index contributed by atoms with van der Waals surface area (Å²) < 4.78 is 4.36. The third-order valence-corrected chi connectivity index (χ3v) is 4.71. The minimum absolute atomic E-state index is 0.0422. The maximum Gasteiger partial charge on any atom is 0.205 e. The summed E-state index contributed by atoms with van der Waals surface area (Å²) >= 11 is 1.48.